The molecule has 0 heterocycles. The number of amides is 1. The highest BCUT2D eigenvalue weighted by atomic mass is 16.5. The molecular weight excluding hydrogens is 410 g/mol. The summed E-state index contributed by atoms with van der Waals surface area (Å²) in [6.07, 6.45) is 7.78. The highest BCUT2D eigenvalue weighted by Gasteiger charge is 2.57. The van der Waals surface area contributed by atoms with Crippen LogP contribution in [-0.2, 0) is 12.8 Å². The van der Waals surface area contributed by atoms with E-state index in [4.69, 9.17) is 10.5 Å². The first kappa shape index (κ1) is 22.2. The van der Waals surface area contributed by atoms with Crippen molar-refractivity contribution >= 4 is 5.91 Å². The molecule has 5 rings (SSSR count). The van der Waals surface area contributed by atoms with Crippen LogP contribution in [0.5, 0.6) is 5.75 Å². The maximum absolute atomic E-state index is 11.6. The zero-order valence-corrected chi connectivity index (χ0v) is 19.5. The van der Waals surface area contributed by atoms with E-state index in [1.54, 1.807) is 12.1 Å². The summed E-state index contributed by atoms with van der Waals surface area (Å²) < 4.78 is 5.77. The molecule has 0 bridgehead atoms. The topological polar surface area (TPSA) is 72.6 Å². The molecular formula is C29H35NO3. The number of aliphatic hydroxyl groups excluding tert-OH is 1. The number of nitrogens with two attached hydrogens (primary N) is 1. The van der Waals surface area contributed by atoms with Crippen molar-refractivity contribution in [1.29, 1.82) is 0 Å². The maximum Gasteiger partial charge on any atom is 0.248 e. The molecule has 0 saturated heterocycles. The minimum absolute atomic E-state index is 0.0301. The van der Waals surface area contributed by atoms with Crippen molar-refractivity contribution in [2.24, 2.45) is 28.9 Å². The number of ether oxygens (including phenoxy) is 1. The van der Waals surface area contributed by atoms with Gasteiger partial charge in [0.15, 0.2) is 0 Å². The fourth-order valence-electron chi connectivity index (χ4n) is 7.31. The standard InChI is InChI=1S/C29H35NO3/c1-3-13-33-22-8-10-23-19(16-22)7-9-25-24(23)11-12-29(2)26(25)17-21(27(29)31)15-18-5-4-6-20(14-18)28(30)32/h3-6,8,10,14,16,21,24-27,31H,1,7,9,11-13,15,17H2,2H3,(H2,30,32). The van der Waals surface area contributed by atoms with Crippen LogP contribution >= 0.6 is 0 Å². The summed E-state index contributed by atoms with van der Waals surface area (Å²) in [6, 6.07) is 14.2. The van der Waals surface area contributed by atoms with Crippen molar-refractivity contribution in [2.45, 2.75) is 57.5 Å². The van der Waals surface area contributed by atoms with E-state index in [9.17, 15) is 9.90 Å². The Hall–Kier alpha value is -2.59. The molecule has 0 aromatic heterocycles. The normalized spacial score (nSPS) is 32.4. The molecule has 2 saturated carbocycles. The predicted octanol–water partition coefficient (Wildman–Crippen LogP) is 5.04. The second-order valence-electron chi connectivity index (χ2n) is 10.6. The Bertz CT molecular complexity index is 1060. The number of hydrogen-bond donors (Lipinski definition) is 2. The summed E-state index contributed by atoms with van der Waals surface area (Å²) in [5.41, 5.74) is 10.0. The molecule has 3 aliphatic rings. The smallest absolute Gasteiger partial charge is 0.248 e. The molecule has 3 N–H and O–H groups in total. The Labute approximate surface area is 196 Å². The quantitative estimate of drug-likeness (QED) is 0.612. The molecule has 0 aliphatic heterocycles. The summed E-state index contributed by atoms with van der Waals surface area (Å²) in [5, 5.41) is 11.5. The zero-order valence-electron chi connectivity index (χ0n) is 19.5. The molecule has 4 heteroatoms. The van der Waals surface area contributed by atoms with Crippen LogP contribution in [0.1, 0.15) is 65.6 Å². The van der Waals surface area contributed by atoms with Gasteiger partial charge in [-0.25, -0.2) is 0 Å². The van der Waals surface area contributed by atoms with Crippen molar-refractivity contribution in [3.63, 3.8) is 0 Å². The van der Waals surface area contributed by atoms with E-state index in [0.29, 0.717) is 29.9 Å². The van der Waals surface area contributed by atoms with Crippen molar-refractivity contribution in [3.8, 4) is 5.75 Å². The van der Waals surface area contributed by atoms with Gasteiger partial charge in [0.25, 0.3) is 0 Å². The van der Waals surface area contributed by atoms with E-state index in [1.165, 1.54) is 17.5 Å². The van der Waals surface area contributed by atoms with Crippen LogP contribution in [0.3, 0.4) is 0 Å². The lowest BCUT2D eigenvalue weighted by Crippen LogP contribution is -2.44. The number of aliphatic hydroxyl groups is 1. The third kappa shape index (κ3) is 3.89. The number of carbonyl (C=O) groups excluding carboxylic acids is 1. The number of fused-ring (bicyclic) bond motifs is 5. The molecule has 3 aliphatic carbocycles. The van der Waals surface area contributed by atoms with Crippen LogP contribution in [0.15, 0.2) is 55.1 Å². The number of rotatable bonds is 6. The molecule has 0 spiro atoms. The lowest BCUT2D eigenvalue weighted by atomic mass is 9.55. The van der Waals surface area contributed by atoms with E-state index >= 15 is 0 Å². The molecule has 174 valence electrons. The Kier molecular flexibility index (Phi) is 5.82. The van der Waals surface area contributed by atoms with E-state index in [0.717, 1.165) is 43.4 Å². The molecule has 0 radical (unpaired) electrons. The number of hydrogen-bond acceptors (Lipinski definition) is 3. The number of benzene rings is 2. The highest BCUT2D eigenvalue weighted by molar-refractivity contribution is 5.92. The van der Waals surface area contributed by atoms with Gasteiger partial charge in [-0.3, -0.25) is 4.79 Å². The predicted molar refractivity (Wildman–Crippen MR) is 130 cm³/mol. The Morgan fingerprint density at radius 2 is 2.12 bits per heavy atom. The van der Waals surface area contributed by atoms with Crippen LogP contribution in [0.2, 0.25) is 0 Å². The summed E-state index contributed by atoms with van der Waals surface area (Å²) >= 11 is 0. The van der Waals surface area contributed by atoms with Gasteiger partial charge >= 0.3 is 0 Å². The molecule has 4 nitrogen and oxygen atoms in total. The third-order valence-corrected chi connectivity index (χ3v) is 8.89. The van der Waals surface area contributed by atoms with E-state index in [1.807, 2.05) is 12.1 Å². The van der Waals surface area contributed by atoms with Crippen LogP contribution in [0, 0.1) is 23.2 Å². The van der Waals surface area contributed by atoms with Gasteiger partial charge in [0.1, 0.15) is 12.4 Å². The minimum Gasteiger partial charge on any atom is -0.490 e. The van der Waals surface area contributed by atoms with Gasteiger partial charge in [0.05, 0.1) is 6.10 Å². The van der Waals surface area contributed by atoms with Crippen molar-refractivity contribution in [3.05, 3.63) is 77.4 Å². The van der Waals surface area contributed by atoms with Gasteiger partial charge in [-0.1, -0.05) is 37.8 Å². The van der Waals surface area contributed by atoms with E-state index in [2.05, 4.69) is 37.8 Å². The van der Waals surface area contributed by atoms with Gasteiger partial charge in [0, 0.05) is 5.56 Å². The number of aryl methyl sites for hydroxylation is 1. The second kappa shape index (κ2) is 8.64. The molecule has 6 atom stereocenters. The Morgan fingerprint density at radius 1 is 1.27 bits per heavy atom. The maximum atomic E-state index is 11.6. The van der Waals surface area contributed by atoms with Crippen LogP contribution in [-0.4, -0.2) is 23.7 Å². The lowest BCUT2D eigenvalue weighted by Gasteiger charge is -2.50. The average molecular weight is 446 g/mol. The Balaban J connectivity index is 1.36. The fraction of sp³-hybridized carbons (Fsp3) is 0.483. The summed E-state index contributed by atoms with van der Waals surface area (Å²) in [7, 11) is 0. The summed E-state index contributed by atoms with van der Waals surface area (Å²) in [5.74, 6) is 2.48. The summed E-state index contributed by atoms with van der Waals surface area (Å²) in [4.78, 5) is 11.6. The SMILES string of the molecule is C=CCOc1ccc2c(c1)CCC1C2CCC2(C)C(O)C(Cc3cccc(C(N)=O)c3)CC12. The van der Waals surface area contributed by atoms with E-state index < -0.39 is 5.91 Å². The van der Waals surface area contributed by atoms with Crippen molar-refractivity contribution < 1.29 is 14.6 Å². The first-order valence-corrected chi connectivity index (χ1v) is 12.3. The van der Waals surface area contributed by atoms with Gasteiger partial charge in [-0.05, 0) is 109 Å². The second-order valence-corrected chi connectivity index (χ2v) is 10.6. The van der Waals surface area contributed by atoms with E-state index in [-0.39, 0.29) is 17.4 Å². The molecule has 2 fully saturated rings. The molecule has 2 aromatic rings. The van der Waals surface area contributed by atoms with Crippen LogP contribution in [0.25, 0.3) is 0 Å². The summed E-state index contributed by atoms with van der Waals surface area (Å²) in [6.45, 7) is 6.59. The molecule has 1 amide bonds. The minimum atomic E-state index is -0.397. The third-order valence-electron chi connectivity index (χ3n) is 8.89. The first-order chi connectivity index (χ1) is 15.9. The van der Waals surface area contributed by atoms with Crippen LogP contribution < -0.4 is 10.5 Å². The van der Waals surface area contributed by atoms with Gasteiger partial charge in [-0.15, -0.1) is 0 Å². The molecule has 33 heavy (non-hydrogen) atoms. The first-order valence-electron chi connectivity index (χ1n) is 12.3. The monoisotopic (exact) mass is 445 g/mol. The van der Waals surface area contributed by atoms with Crippen LogP contribution in [0.4, 0.5) is 0 Å². The fourth-order valence-corrected chi connectivity index (χ4v) is 7.31. The lowest BCUT2D eigenvalue weighted by molar-refractivity contribution is -0.0325. The number of carbonyl (C=O) groups is 1. The number of primary amides is 1. The molecule has 2 aromatic carbocycles. The molecule has 6 unspecified atom stereocenters. The zero-order chi connectivity index (χ0) is 23.2. The average Bonchev–Trinajstić information content (AvgIpc) is 3.07. The van der Waals surface area contributed by atoms with Gasteiger partial charge in [0.2, 0.25) is 5.91 Å². The van der Waals surface area contributed by atoms with Crippen molar-refractivity contribution in [2.75, 3.05) is 6.61 Å². The largest absolute Gasteiger partial charge is 0.490 e. The van der Waals surface area contributed by atoms with Gasteiger partial charge in [-0.2, -0.15) is 0 Å². The van der Waals surface area contributed by atoms with Crippen molar-refractivity contribution in [1.82, 2.24) is 0 Å². The highest BCUT2D eigenvalue weighted by Crippen LogP contribution is 2.62. The van der Waals surface area contributed by atoms with Gasteiger partial charge < -0.3 is 15.6 Å². The Morgan fingerprint density at radius 3 is 2.91 bits per heavy atom.